The summed E-state index contributed by atoms with van der Waals surface area (Å²) in [6.45, 7) is 6.14. The third kappa shape index (κ3) is 5.00. The Balaban J connectivity index is 1.74. The number of thiazole rings is 1. The van der Waals surface area contributed by atoms with Crippen molar-refractivity contribution in [3.8, 4) is 16.3 Å². The van der Waals surface area contributed by atoms with Gasteiger partial charge >= 0.3 is 0 Å². The second-order valence-corrected chi connectivity index (χ2v) is 10.7. The van der Waals surface area contributed by atoms with Gasteiger partial charge in [0, 0.05) is 22.4 Å². The summed E-state index contributed by atoms with van der Waals surface area (Å²) in [5.41, 5.74) is 2.78. The molecule has 0 fully saturated rings. The van der Waals surface area contributed by atoms with Gasteiger partial charge in [0.05, 0.1) is 12.8 Å². The molecule has 2 heterocycles. The van der Waals surface area contributed by atoms with E-state index >= 15 is 0 Å². The molecular weight excluding hydrogens is 412 g/mol. The minimum absolute atomic E-state index is 0.295. The molecule has 3 rings (SSSR count). The van der Waals surface area contributed by atoms with Gasteiger partial charge in [0.1, 0.15) is 15.0 Å². The van der Waals surface area contributed by atoms with Crippen LogP contribution in [0.5, 0.6) is 5.75 Å². The van der Waals surface area contributed by atoms with Crippen LogP contribution in [0.3, 0.4) is 0 Å². The second-order valence-electron chi connectivity index (χ2n) is 7.01. The fourth-order valence-corrected chi connectivity index (χ4v) is 6.08. The number of aromatic nitrogens is 1. The van der Waals surface area contributed by atoms with Crippen LogP contribution < -0.4 is 9.46 Å². The first-order valence-electron chi connectivity index (χ1n) is 8.98. The first-order valence-corrected chi connectivity index (χ1v) is 12.2. The summed E-state index contributed by atoms with van der Waals surface area (Å²) in [6.07, 6.45) is 0.923. The molecule has 0 bridgehead atoms. The molecule has 0 aliphatic rings. The van der Waals surface area contributed by atoms with E-state index in [2.05, 4.69) is 23.6 Å². The highest BCUT2D eigenvalue weighted by Crippen LogP contribution is 2.32. The van der Waals surface area contributed by atoms with Crippen molar-refractivity contribution in [1.29, 1.82) is 0 Å². The van der Waals surface area contributed by atoms with Crippen LogP contribution in [-0.4, -0.2) is 20.5 Å². The first kappa shape index (κ1) is 21.0. The van der Waals surface area contributed by atoms with Crippen molar-refractivity contribution in [2.45, 2.75) is 37.4 Å². The average Bonchev–Trinajstić information content (AvgIpc) is 3.30. The van der Waals surface area contributed by atoms with Crippen LogP contribution in [0, 0.1) is 5.92 Å². The van der Waals surface area contributed by atoms with Gasteiger partial charge in [-0.15, -0.1) is 22.7 Å². The molecule has 1 atom stereocenters. The maximum atomic E-state index is 12.8. The largest absolute Gasteiger partial charge is 0.497 e. The van der Waals surface area contributed by atoms with E-state index in [1.165, 1.54) is 11.3 Å². The number of rotatable bonds is 8. The van der Waals surface area contributed by atoms with Gasteiger partial charge in [-0.2, -0.15) is 0 Å². The Hall–Kier alpha value is -1.74. The molecule has 0 aliphatic heterocycles. The molecule has 1 aromatic carbocycles. The molecule has 0 aliphatic carbocycles. The van der Waals surface area contributed by atoms with E-state index in [4.69, 9.17) is 4.74 Å². The van der Waals surface area contributed by atoms with E-state index in [1.807, 2.05) is 41.9 Å². The standard InChI is InChI=1S/C20H24N2O3S3/c1-13(2)9-17-12-27-20(21-17)16-10-19(26-11-16)28(23,24)22-14(3)15-5-7-18(25-4)8-6-15/h5-8,10-14,22H,9H2,1-4H3/t14-/m0/s1. The number of nitrogens with one attached hydrogen (secondary N) is 1. The van der Waals surface area contributed by atoms with Gasteiger partial charge in [0.25, 0.3) is 10.0 Å². The van der Waals surface area contributed by atoms with E-state index in [0.717, 1.165) is 34.0 Å². The summed E-state index contributed by atoms with van der Waals surface area (Å²) in [5, 5.41) is 4.76. The highest BCUT2D eigenvalue weighted by molar-refractivity contribution is 7.91. The van der Waals surface area contributed by atoms with Crippen LogP contribution in [0.4, 0.5) is 0 Å². The summed E-state index contributed by atoms with van der Waals surface area (Å²) in [5.74, 6) is 1.28. The van der Waals surface area contributed by atoms with Crippen molar-refractivity contribution in [3.63, 3.8) is 0 Å². The number of hydrogen-bond acceptors (Lipinski definition) is 6. The maximum absolute atomic E-state index is 12.8. The smallest absolute Gasteiger partial charge is 0.250 e. The van der Waals surface area contributed by atoms with Crippen molar-refractivity contribution in [1.82, 2.24) is 9.71 Å². The Morgan fingerprint density at radius 1 is 1.11 bits per heavy atom. The average molecular weight is 437 g/mol. The third-order valence-corrected chi connectivity index (χ3v) is 8.12. The van der Waals surface area contributed by atoms with Crippen LogP contribution in [0.2, 0.25) is 0 Å². The van der Waals surface area contributed by atoms with E-state index in [0.29, 0.717) is 10.1 Å². The lowest BCUT2D eigenvalue weighted by atomic mass is 10.1. The third-order valence-electron chi connectivity index (χ3n) is 4.20. The Morgan fingerprint density at radius 2 is 1.82 bits per heavy atom. The minimum Gasteiger partial charge on any atom is -0.497 e. The lowest BCUT2D eigenvalue weighted by molar-refractivity contribution is 0.414. The fraction of sp³-hybridized carbons (Fsp3) is 0.350. The van der Waals surface area contributed by atoms with Crippen molar-refractivity contribution >= 4 is 32.7 Å². The normalized spacial score (nSPS) is 13.0. The second kappa shape index (κ2) is 8.73. The topological polar surface area (TPSA) is 68.3 Å². The molecule has 0 unspecified atom stereocenters. The number of hydrogen-bond donors (Lipinski definition) is 1. The van der Waals surface area contributed by atoms with Crippen molar-refractivity contribution < 1.29 is 13.2 Å². The van der Waals surface area contributed by atoms with Gasteiger partial charge in [-0.05, 0) is 43.0 Å². The SMILES string of the molecule is COc1ccc([C@H](C)NS(=O)(=O)c2cc(-c3nc(CC(C)C)cs3)cs2)cc1. The molecule has 0 saturated heterocycles. The Kier molecular flexibility index (Phi) is 6.54. The zero-order chi connectivity index (χ0) is 20.3. The zero-order valence-corrected chi connectivity index (χ0v) is 18.7. The van der Waals surface area contributed by atoms with E-state index < -0.39 is 10.0 Å². The van der Waals surface area contributed by atoms with Crippen molar-refractivity contribution in [2.24, 2.45) is 5.92 Å². The Labute approximate surface area is 174 Å². The molecule has 5 nitrogen and oxygen atoms in total. The molecule has 8 heteroatoms. The number of benzene rings is 1. The summed E-state index contributed by atoms with van der Waals surface area (Å²) >= 11 is 2.77. The molecule has 0 amide bonds. The quantitative estimate of drug-likeness (QED) is 0.532. The highest BCUT2D eigenvalue weighted by atomic mass is 32.2. The lowest BCUT2D eigenvalue weighted by Gasteiger charge is -2.14. The van der Waals surface area contributed by atoms with Crippen molar-refractivity contribution in [3.05, 3.63) is 52.3 Å². The summed E-state index contributed by atoms with van der Waals surface area (Å²) in [6, 6.07) is 8.71. The first-order chi connectivity index (χ1) is 13.3. The van der Waals surface area contributed by atoms with Gasteiger partial charge < -0.3 is 4.74 Å². The van der Waals surface area contributed by atoms with Crippen LogP contribution in [0.25, 0.3) is 10.6 Å². The molecule has 28 heavy (non-hydrogen) atoms. The Bertz CT molecular complexity index is 1020. The van der Waals surface area contributed by atoms with Crippen LogP contribution in [0.15, 0.2) is 45.3 Å². The van der Waals surface area contributed by atoms with Crippen LogP contribution in [0.1, 0.15) is 38.1 Å². The van der Waals surface area contributed by atoms with E-state index in [1.54, 1.807) is 24.5 Å². The molecule has 150 valence electrons. The fourth-order valence-electron chi connectivity index (χ4n) is 2.77. The lowest BCUT2D eigenvalue weighted by Crippen LogP contribution is -2.26. The van der Waals surface area contributed by atoms with Crippen LogP contribution >= 0.6 is 22.7 Å². The number of nitrogens with zero attached hydrogens (tertiary/aromatic N) is 1. The highest BCUT2D eigenvalue weighted by Gasteiger charge is 2.21. The van der Waals surface area contributed by atoms with Gasteiger partial charge in [0.15, 0.2) is 0 Å². The molecule has 3 aromatic rings. The molecular formula is C20H24N2O3S3. The molecule has 2 aromatic heterocycles. The molecule has 0 saturated carbocycles. The van der Waals surface area contributed by atoms with E-state index in [-0.39, 0.29) is 6.04 Å². The van der Waals surface area contributed by atoms with Crippen molar-refractivity contribution in [2.75, 3.05) is 7.11 Å². The number of ether oxygens (including phenoxy) is 1. The van der Waals surface area contributed by atoms with Crippen LogP contribution in [-0.2, 0) is 16.4 Å². The monoisotopic (exact) mass is 436 g/mol. The Morgan fingerprint density at radius 3 is 2.46 bits per heavy atom. The maximum Gasteiger partial charge on any atom is 0.250 e. The number of thiophene rings is 1. The summed E-state index contributed by atoms with van der Waals surface area (Å²) in [4.78, 5) is 4.64. The summed E-state index contributed by atoms with van der Waals surface area (Å²) < 4.78 is 33.8. The zero-order valence-electron chi connectivity index (χ0n) is 16.3. The molecule has 0 spiro atoms. The van der Waals surface area contributed by atoms with Gasteiger partial charge in [-0.1, -0.05) is 26.0 Å². The van der Waals surface area contributed by atoms with E-state index in [9.17, 15) is 8.42 Å². The van der Waals surface area contributed by atoms with Gasteiger partial charge in [-0.25, -0.2) is 18.1 Å². The molecule has 0 radical (unpaired) electrons. The van der Waals surface area contributed by atoms with Gasteiger partial charge in [0.2, 0.25) is 0 Å². The van der Waals surface area contributed by atoms with Gasteiger partial charge in [-0.3, -0.25) is 0 Å². The number of methoxy groups -OCH3 is 1. The molecule has 1 N–H and O–H groups in total. The predicted octanol–water partition coefficient (Wildman–Crippen LogP) is 5.12. The summed E-state index contributed by atoms with van der Waals surface area (Å²) in [7, 11) is -2.01. The minimum atomic E-state index is -3.61. The number of sulfonamides is 1. The predicted molar refractivity (Wildman–Crippen MR) is 116 cm³/mol.